The standard InChI is InChI=1S/C6H6N5/c7-6-9-3-5(10-6)11-2-1-8-4-11/h1-2,4H,(H3,7,9,10). The highest BCUT2D eigenvalue weighted by atomic mass is 15.2. The maximum absolute atomic E-state index is 5.35. The average Bonchev–Trinajstić information content (AvgIpc) is 2.55. The van der Waals surface area contributed by atoms with Crippen molar-refractivity contribution in [1.82, 2.24) is 19.5 Å². The van der Waals surface area contributed by atoms with Gasteiger partial charge in [0.25, 0.3) is 0 Å². The van der Waals surface area contributed by atoms with Crippen LogP contribution in [0.3, 0.4) is 0 Å². The van der Waals surface area contributed by atoms with Crippen LogP contribution >= 0.6 is 0 Å². The van der Waals surface area contributed by atoms with Gasteiger partial charge in [-0.15, -0.1) is 0 Å². The minimum absolute atomic E-state index is 0.355. The van der Waals surface area contributed by atoms with Crippen LogP contribution in [0.15, 0.2) is 18.7 Å². The molecule has 0 unspecified atom stereocenters. The zero-order chi connectivity index (χ0) is 7.68. The summed E-state index contributed by atoms with van der Waals surface area (Å²) in [4.78, 5) is 10.4. The molecule has 0 bridgehead atoms. The van der Waals surface area contributed by atoms with Gasteiger partial charge in [0.05, 0.1) is 0 Å². The van der Waals surface area contributed by atoms with Crippen LogP contribution in [-0.4, -0.2) is 19.5 Å². The van der Waals surface area contributed by atoms with E-state index in [0.717, 1.165) is 0 Å². The minimum atomic E-state index is 0.355. The Morgan fingerprint density at radius 2 is 2.55 bits per heavy atom. The van der Waals surface area contributed by atoms with E-state index in [1.165, 1.54) is 0 Å². The Kier molecular flexibility index (Phi) is 1.15. The Morgan fingerprint density at radius 3 is 3.09 bits per heavy atom. The molecule has 5 heteroatoms. The molecule has 0 saturated heterocycles. The van der Waals surface area contributed by atoms with E-state index in [1.54, 1.807) is 23.3 Å². The lowest BCUT2D eigenvalue weighted by atomic mass is 10.7. The largest absolute Gasteiger partial charge is 0.369 e. The van der Waals surface area contributed by atoms with Crippen molar-refractivity contribution in [3.8, 4) is 5.82 Å². The van der Waals surface area contributed by atoms with Gasteiger partial charge in [-0.25, -0.2) is 9.97 Å². The summed E-state index contributed by atoms with van der Waals surface area (Å²) in [6.07, 6.45) is 7.80. The second-order valence-corrected chi connectivity index (χ2v) is 2.05. The number of nitrogens with one attached hydrogen (secondary N) is 1. The smallest absolute Gasteiger partial charge is 0.199 e. The van der Waals surface area contributed by atoms with Crippen LogP contribution < -0.4 is 5.73 Å². The fourth-order valence-corrected chi connectivity index (χ4v) is 0.804. The molecule has 2 aromatic rings. The molecule has 0 fully saturated rings. The lowest BCUT2D eigenvalue weighted by molar-refractivity contribution is 1.01. The minimum Gasteiger partial charge on any atom is -0.369 e. The number of rotatable bonds is 1. The van der Waals surface area contributed by atoms with Gasteiger partial charge in [0.1, 0.15) is 18.3 Å². The number of aromatic nitrogens is 4. The third-order valence-corrected chi connectivity index (χ3v) is 1.29. The third-order valence-electron chi connectivity index (χ3n) is 1.29. The summed E-state index contributed by atoms with van der Waals surface area (Å²) in [5.74, 6) is 1.05. The average molecular weight is 148 g/mol. The molecule has 2 aromatic heterocycles. The molecule has 1 radical (unpaired) electrons. The fourth-order valence-electron chi connectivity index (χ4n) is 0.804. The first kappa shape index (κ1) is 5.96. The van der Waals surface area contributed by atoms with Crippen LogP contribution in [-0.2, 0) is 0 Å². The van der Waals surface area contributed by atoms with Crippen molar-refractivity contribution >= 4 is 5.95 Å². The van der Waals surface area contributed by atoms with Crippen LogP contribution in [0.4, 0.5) is 5.95 Å². The second kappa shape index (κ2) is 2.12. The topological polar surface area (TPSA) is 72.5 Å². The molecule has 3 N–H and O–H groups in total. The lowest BCUT2D eigenvalue weighted by Crippen LogP contribution is -1.91. The summed E-state index contributed by atoms with van der Waals surface area (Å²) in [5.41, 5.74) is 5.35. The summed E-state index contributed by atoms with van der Waals surface area (Å²) >= 11 is 0. The number of imidazole rings is 2. The van der Waals surface area contributed by atoms with Crippen LogP contribution in [0, 0.1) is 6.20 Å². The van der Waals surface area contributed by atoms with Crippen molar-refractivity contribution in [2.75, 3.05) is 5.73 Å². The van der Waals surface area contributed by atoms with Gasteiger partial charge in [-0.2, -0.15) is 0 Å². The van der Waals surface area contributed by atoms with E-state index in [0.29, 0.717) is 11.8 Å². The van der Waals surface area contributed by atoms with Crippen LogP contribution in [0.1, 0.15) is 0 Å². The molecule has 2 rings (SSSR count). The van der Waals surface area contributed by atoms with Gasteiger partial charge < -0.3 is 10.7 Å². The molecule has 0 aliphatic carbocycles. The van der Waals surface area contributed by atoms with Gasteiger partial charge in [-0.3, -0.25) is 4.57 Å². The highest BCUT2D eigenvalue weighted by Gasteiger charge is 1.97. The number of nitrogens with two attached hydrogens (primary N) is 1. The number of nitrogens with zero attached hydrogens (tertiary/aromatic N) is 3. The zero-order valence-electron chi connectivity index (χ0n) is 5.65. The Hall–Kier alpha value is -1.78. The van der Waals surface area contributed by atoms with Gasteiger partial charge in [-0.1, -0.05) is 0 Å². The fraction of sp³-hybridized carbons (Fsp3) is 0. The predicted molar refractivity (Wildman–Crippen MR) is 39.0 cm³/mol. The van der Waals surface area contributed by atoms with Gasteiger partial charge in [0, 0.05) is 12.4 Å². The Balaban J connectivity index is 2.45. The van der Waals surface area contributed by atoms with Crippen molar-refractivity contribution in [1.29, 1.82) is 0 Å². The van der Waals surface area contributed by atoms with E-state index in [1.807, 2.05) is 0 Å². The lowest BCUT2D eigenvalue weighted by Gasteiger charge is -1.92. The summed E-state index contributed by atoms with van der Waals surface area (Å²) in [7, 11) is 0. The van der Waals surface area contributed by atoms with Crippen molar-refractivity contribution in [3.63, 3.8) is 0 Å². The van der Waals surface area contributed by atoms with E-state index in [4.69, 9.17) is 5.73 Å². The number of anilines is 1. The summed E-state index contributed by atoms with van der Waals surface area (Å²) < 4.78 is 1.74. The monoisotopic (exact) mass is 148 g/mol. The molecule has 2 heterocycles. The van der Waals surface area contributed by atoms with Crippen molar-refractivity contribution < 1.29 is 0 Å². The molecule has 0 aliphatic rings. The van der Waals surface area contributed by atoms with E-state index in [2.05, 4.69) is 21.1 Å². The zero-order valence-corrected chi connectivity index (χ0v) is 5.65. The Bertz CT molecular complexity index is 333. The molecule has 0 aromatic carbocycles. The van der Waals surface area contributed by atoms with E-state index >= 15 is 0 Å². The van der Waals surface area contributed by atoms with Crippen molar-refractivity contribution in [2.24, 2.45) is 0 Å². The van der Waals surface area contributed by atoms with Gasteiger partial charge in [0.2, 0.25) is 0 Å². The molecular formula is C6H6N5. The maximum Gasteiger partial charge on any atom is 0.199 e. The predicted octanol–water partition coefficient (Wildman–Crippen LogP) is -0.0222. The highest BCUT2D eigenvalue weighted by molar-refractivity contribution is 5.27. The number of hydrogen-bond acceptors (Lipinski definition) is 3. The first-order valence-corrected chi connectivity index (χ1v) is 3.08. The van der Waals surface area contributed by atoms with Crippen LogP contribution in [0.25, 0.3) is 5.82 Å². The third kappa shape index (κ3) is 0.958. The molecule has 5 nitrogen and oxygen atoms in total. The van der Waals surface area contributed by atoms with E-state index in [9.17, 15) is 0 Å². The van der Waals surface area contributed by atoms with Gasteiger partial charge in [0.15, 0.2) is 5.95 Å². The molecule has 11 heavy (non-hydrogen) atoms. The molecular weight excluding hydrogens is 142 g/mol. The van der Waals surface area contributed by atoms with Crippen LogP contribution in [0.2, 0.25) is 0 Å². The molecule has 55 valence electrons. The van der Waals surface area contributed by atoms with Gasteiger partial charge in [-0.05, 0) is 0 Å². The Morgan fingerprint density at radius 1 is 1.64 bits per heavy atom. The van der Waals surface area contributed by atoms with E-state index < -0.39 is 0 Å². The molecule has 0 atom stereocenters. The summed E-state index contributed by atoms with van der Waals surface area (Å²) in [6, 6.07) is 0. The first-order valence-electron chi connectivity index (χ1n) is 3.08. The molecule has 0 spiro atoms. The number of nitrogen functional groups attached to an aromatic ring is 1. The number of hydrogen-bond donors (Lipinski definition) is 2. The molecule has 0 amide bonds. The second-order valence-electron chi connectivity index (χ2n) is 2.05. The number of H-pyrrole nitrogens is 1. The van der Waals surface area contributed by atoms with E-state index in [-0.39, 0.29) is 0 Å². The SMILES string of the molecule is Nc1n[c]c(-n2ccnc2)[nH]1. The first-order chi connectivity index (χ1) is 5.36. The number of aromatic amines is 1. The van der Waals surface area contributed by atoms with Gasteiger partial charge >= 0.3 is 0 Å². The quantitative estimate of drug-likeness (QED) is 0.596. The summed E-state index contributed by atoms with van der Waals surface area (Å²) in [5, 5.41) is 0. The van der Waals surface area contributed by atoms with Crippen molar-refractivity contribution in [2.45, 2.75) is 0 Å². The van der Waals surface area contributed by atoms with Crippen LogP contribution in [0.5, 0.6) is 0 Å². The highest BCUT2D eigenvalue weighted by Crippen LogP contribution is 2.02. The molecule has 0 aliphatic heterocycles. The Labute approximate surface area is 62.9 Å². The van der Waals surface area contributed by atoms with Crippen molar-refractivity contribution in [3.05, 3.63) is 24.9 Å². The normalized spacial score (nSPS) is 10.2. The maximum atomic E-state index is 5.35. The molecule has 0 saturated carbocycles. The summed E-state index contributed by atoms with van der Waals surface area (Å²) in [6.45, 7) is 0.